The molecule has 6 aliphatic rings. The van der Waals surface area contributed by atoms with Crippen LogP contribution < -0.4 is 0 Å². The number of aliphatic hydroxyl groups is 6. The van der Waals surface area contributed by atoms with Gasteiger partial charge in [-0.2, -0.15) is 0 Å². The lowest BCUT2D eigenvalue weighted by Crippen LogP contribution is -2.66. The summed E-state index contributed by atoms with van der Waals surface area (Å²) >= 11 is 0. The van der Waals surface area contributed by atoms with Crippen molar-refractivity contribution in [3.8, 4) is 0 Å². The molecule has 0 amide bonds. The number of esters is 1. The van der Waals surface area contributed by atoms with E-state index in [0.717, 1.165) is 32.1 Å². The average molecular weight is 679 g/mol. The zero-order valence-electron chi connectivity index (χ0n) is 30.4. The van der Waals surface area contributed by atoms with Gasteiger partial charge in [-0.25, -0.2) is 0 Å². The van der Waals surface area contributed by atoms with Crippen molar-refractivity contribution in [1.29, 1.82) is 0 Å². The third-order valence-electron chi connectivity index (χ3n) is 15.5. The van der Waals surface area contributed by atoms with E-state index in [4.69, 9.17) is 14.2 Å². The van der Waals surface area contributed by atoms with Crippen molar-refractivity contribution < 1.29 is 49.6 Å². The van der Waals surface area contributed by atoms with Crippen LogP contribution in [0.5, 0.6) is 0 Å². The van der Waals surface area contributed by atoms with E-state index in [0.29, 0.717) is 6.42 Å². The Balaban J connectivity index is 1.36. The molecule has 1 aliphatic heterocycles. The molecule has 0 aromatic carbocycles. The Morgan fingerprint density at radius 2 is 1.58 bits per heavy atom. The van der Waals surface area contributed by atoms with Crippen molar-refractivity contribution in [2.75, 3.05) is 6.61 Å². The van der Waals surface area contributed by atoms with Gasteiger partial charge in [0.15, 0.2) is 6.29 Å². The number of hydrogen-bond donors (Lipinski definition) is 6. The van der Waals surface area contributed by atoms with Crippen LogP contribution in [-0.2, 0) is 19.0 Å². The average Bonchev–Trinajstić information content (AvgIpc) is 3.20. The van der Waals surface area contributed by atoms with Gasteiger partial charge in [0, 0.05) is 6.92 Å². The van der Waals surface area contributed by atoms with Gasteiger partial charge in [-0.3, -0.25) is 4.79 Å². The van der Waals surface area contributed by atoms with Gasteiger partial charge in [-0.15, -0.1) is 0 Å². The second-order valence-corrected chi connectivity index (χ2v) is 18.5. The first-order valence-electron chi connectivity index (χ1n) is 18.4. The molecule has 0 spiro atoms. The summed E-state index contributed by atoms with van der Waals surface area (Å²) in [6, 6.07) is 0. The summed E-state index contributed by atoms with van der Waals surface area (Å²) < 4.78 is 18.3. The van der Waals surface area contributed by atoms with Gasteiger partial charge >= 0.3 is 5.97 Å². The summed E-state index contributed by atoms with van der Waals surface area (Å²) in [5.74, 6) is 0.234. The standard InChI is InChI=1S/C38H62O10/c1-18(2)25-27(42)29(44)31-35(25,6)14-15-37(8)21-10-11-24-34(4,5)32(48-33-30(45)28(43)26(41)23(17-39)47-33)22(46-19(3)40)16-36(24,7)20(21)12-13-38(31,37)9/h12,18,21-33,39,41-45H,10-11,13-17H2,1-9H3/t21-,22-,23-,24-,25+,26+,27-,28+,29-,30+,31+,32-,33+,35+,36+,37-,38+/m0/s1. The molecule has 6 rings (SSSR count). The first-order valence-corrected chi connectivity index (χ1v) is 18.4. The van der Waals surface area contributed by atoms with E-state index in [1.54, 1.807) is 0 Å². The van der Waals surface area contributed by atoms with E-state index in [1.807, 2.05) is 0 Å². The molecule has 5 fully saturated rings. The number of aliphatic hydroxyl groups excluding tert-OH is 6. The molecule has 1 saturated heterocycles. The van der Waals surface area contributed by atoms with Crippen LogP contribution in [0.1, 0.15) is 101 Å². The number of allylic oxidation sites excluding steroid dienone is 2. The van der Waals surface area contributed by atoms with Crippen LogP contribution in [0, 0.1) is 56.7 Å². The van der Waals surface area contributed by atoms with E-state index >= 15 is 0 Å². The van der Waals surface area contributed by atoms with Crippen molar-refractivity contribution in [3.05, 3.63) is 11.6 Å². The van der Waals surface area contributed by atoms with E-state index < -0.39 is 73.1 Å². The molecular weight excluding hydrogens is 616 g/mol. The Labute approximate surface area is 286 Å². The predicted octanol–water partition coefficient (Wildman–Crippen LogP) is 3.33. The molecule has 48 heavy (non-hydrogen) atoms. The molecule has 17 atom stereocenters. The fourth-order valence-corrected chi connectivity index (χ4v) is 13.4. The molecule has 4 saturated carbocycles. The fourth-order valence-electron chi connectivity index (χ4n) is 13.4. The molecule has 0 aromatic rings. The van der Waals surface area contributed by atoms with Gasteiger partial charge in [-0.05, 0) is 95.2 Å². The van der Waals surface area contributed by atoms with Crippen molar-refractivity contribution in [1.82, 2.24) is 0 Å². The van der Waals surface area contributed by atoms with Gasteiger partial charge < -0.3 is 44.8 Å². The van der Waals surface area contributed by atoms with Gasteiger partial charge in [0.05, 0.1) is 18.8 Å². The van der Waals surface area contributed by atoms with E-state index in [-0.39, 0.29) is 51.2 Å². The second-order valence-electron chi connectivity index (χ2n) is 18.5. The number of hydrogen-bond acceptors (Lipinski definition) is 10. The van der Waals surface area contributed by atoms with Crippen LogP contribution in [0.15, 0.2) is 11.6 Å². The summed E-state index contributed by atoms with van der Waals surface area (Å²) in [7, 11) is 0. The van der Waals surface area contributed by atoms with Crippen molar-refractivity contribution in [2.24, 2.45) is 56.7 Å². The minimum atomic E-state index is -1.57. The highest BCUT2D eigenvalue weighted by Gasteiger charge is 2.73. The molecule has 0 bridgehead atoms. The molecular formula is C38H62O10. The largest absolute Gasteiger partial charge is 0.460 e. The lowest BCUT2D eigenvalue weighted by molar-refractivity contribution is -0.336. The fraction of sp³-hybridized carbons (Fsp3) is 0.921. The number of carbonyl (C=O) groups is 1. The topological polar surface area (TPSA) is 166 Å². The molecule has 0 radical (unpaired) electrons. The highest BCUT2D eigenvalue weighted by atomic mass is 16.7. The number of carbonyl (C=O) groups excluding carboxylic acids is 1. The van der Waals surface area contributed by atoms with Crippen LogP contribution in [0.3, 0.4) is 0 Å². The maximum atomic E-state index is 12.6. The third-order valence-corrected chi connectivity index (χ3v) is 15.5. The molecule has 1 heterocycles. The molecule has 0 unspecified atom stereocenters. The zero-order chi connectivity index (χ0) is 35.5. The van der Waals surface area contributed by atoms with E-state index in [1.165, 1.54) is 12.5 Å². The van der Waals surface area contributed by atoms with Gasteiger partial charge in [0.25, 0.3) is 0 Å². The Morgan fingerprint density at radius 1 is 0.917 bits per heavy atom. The monoisotopic (exact) mass is 678 g/mol. The normalized spacial score (nSPS) is 54.4. The second kappa shape index (κ2) is 12.0. The van der Waals surface area contributed by atoms with Crippen LogP contribution >= 0.6 is 0 Å². The molecule has 10 nitrogen and oxygen atoms in total. The molecule has 274 valence electrons. The third kappa shape index (κ3) is 4.90. The molecule has 5 aliphatic carbocycles. The number of ether oxygens (including phenoxy) is 3. The predicted molar refractivity (Wildman–Crippen MR) is 177 cm³/mol. The summed E-state index contributed by atoms with van der Waals surface area (Å²) in [4.78, 5) is 12.6. The van der Waals surface area contributed by atoms with Gasteiger partial charge in [0.1, 0.15) is 36.6 Å². The lowest BCUT2D eigenvalue weighted by atomic mass is 9.35. The van der Waals surface area contributed by atoms with Crippen molar-refractivity contribution in [2.45, 2.75) is 156 Å². The quantitative estimate of drug-likeness (QED) is 0.144. The van der Waals surface area contributed by atoms with E-state index in [9.17, 15) is 35.4 Å². The summed E-state index contributed by atoms with van der Waals surface area (Å²) in [5, 5.41) is 64.7. The Hall–Kier alpha value is -1.11. The summed E-state index contributed by atoms with van der Waals surface area (Å²) in [5.41, 5.74) is 0.0207. The van der Waals surface area contributed by atoms with Crippen LogP contribution in [-0.4, -0.2) is 98.3 Å². The Morgan fingerprint density at radius 3 is 2.19 bits per heavy atom. The van der Waals surface area contributed by atoms with E-state index in [2.05, 4.69) is 61.5 Å². The molecule has 0 aromatic heterocycles. The van der Waals surface area contributed by atoms with Crippen LogP contribution in [0.4, 0.5) is 0 Å². The van der Waals surface area contributed by atoms with Gasteiger partial charge in [-0.1, -0.05) is 67.0 Å². The Bertz CT molecular complexity index is 1280. The minimum Gasteiger partial charge on any atom is -0.460 e. The lowest BCUT2D eigenvalue weighted by Gasteiger charge is -2.69. The zero-order valence-corrected chi connectivity index (χ0v) is 30.4. The van der Waals surface area contributed by atoms with Crippen LogP contribution in [0.2, 0.25) is 0 Å². The molecule has 10 heteroatoms. The Kier molecular flexibility index (Phi) is 9.15. The molecule has 6 N–H and O–H groups in total. The number of rotatable bonds is 5. The smallest absolute Gasteiger partial charge is 0.302 e. The first-order chi connectivity index (χ1) is 22.2. The summed E-state index contributed by atoms with van der Waals surface area (Å²) in [6.45, 7) is 18.8. The maximum Gasteiger partial charge on any atom is 0.302 e. The highest BCUT2D eigenvalue weighted by molar-refractivity contribution is 5.66. The number of fused-ring (bicyclic) bond motifs is 7. The first kappa shape index (κ1) is 36.7. The van der Waals surface area contributed by atoms with Crippen molar-refractivity contribution >= 4 is 5.97 Å². The van der Waals surface area contributed by atoms with Crippen LogP contribution in [0.25, 0.3) is 0 Å². The van der Waals surface area contributed by atoms with Gasteiger partial charge in [0.2, 0.25) is 0 Å². The van der Waals surface area contributed by atoms with Crippen molar-refractivity contribution in [3.63, 3.8) is 0 Å². The SMILES string of the molecule is CC(=O)O[C@H]1C[C@]2(C)C3=CC[C@]4(C)[C@@H]5[C@@H](O)[C@@H](O)[C@@H](C(C)C)[C@@]5(C)CC[C@@]4(C)[C@H]3CC[C@H]2C(C)(C)[C@H]1O[C@H]1O[C@@H](CO)[C@@H](O)[C@@H](O)[C@H]1O. The minimum absolute atomic E-state index is 0.0256. The highest BCUT2D eigenvalue weighted by Crippen LogP contribution is 2.76. The summed E-state index contributed by atoms with van der Waals surface area (Å²) in [6.07, 6.45) is -2.37. The maximum absolute atomic E-state index is 12.6.